The fourth-order valence-electron chi connectivity index (χ4n) is 2.92. The van der Waals surface area contributed by atoms with Crippen molar-refractivity contribution in [2.45, 2.75) is 32.1 Å². The average Bonchev–Trinajstić information content (AvgIpc) is 2.64. The summed E-state index contributed by atoms with van der Waals surface area (Å²) in [5, 5.41) is 9.50. The molecule has 1 aromatic carbocycles. The fourth-order valence-corrected chi connectivity index (χ4v) is 3.25. The second-order valence-electron chi connectivity index (χ2n) is 6.95. The molecule has 1 aliphatic rings. The molecule has 0 aliphatic heterocycles. The molecule has 0 bridgehead atoms. The molecule has 0 saturated heterocycles. The maximum atomic E-state index is 11.8. The highest BCUT2D eigenvalue weighted by Crippen LogP contribution is 2.26. The summed E-state index contributed by atoms with van der Waals surface area (Å²) in [5.74, 6) is 1.68. The molecular formula is C20H27BrN6O. The number of carbonyl (C=O) groups excluding carboxylic acids is 1. The van der Waals surface area contributed by atoms with E-state index in [1.807, 2.05) is 24.3 Å². The Morgan fingerprint density at radius 1 is 1.21 bits per heavy atom. The Morgan fingerprint density at radius 2 is 2.00 bits per heavy atom. The largest absolute Gasteiger partial charge is 0.369 e. The van der Waals surface area contributed by atoms with Crippen LogP contribution >= 0.6 is 15.9 Å². The highest BCUT2D eigenvalue weighted by Gasteiger charge is 2.24. The smallest absolute Gasteiger partial charge is 0.229 e. The lowest BCUT2D eigenvalue weighted by Crippen LogP contribution is -2.35. The Kier molecular flexibility index (Phi) is 7.62. The van der Waals surface area contributed by atoms with Gasteiger partial charge in [-0.1, -0.05) is 18.6 Å². The third-order valence-corrected chi connectivity index (χ3v) is 5.39. The molecule has 0 atom stereocenters. The maximum Gasteiger partial charge on any atom is 0.229 e. The van der Waals surface area contributed by atoms with Gasteiger partial charge in [-0.2, -0.15) is 4.98 Å². The Hall–Kier alpha value is -2.19. The molecule has 0 unspecified atom stereocenters. The van der Waals surface area contributed by atoms with Gasteiger partial charge < -0.3 is 21.7 Å². The molecule has 1 saturated carbocycles. The van der Waals surface area contributed by atoms with Crippen molar-refractivity contribution in [2.24, 2.45) is 11.7 Å². The highest BCUT2D eigenvalue weighted by atomic mass is 79.9. The van der Waals surface area contributed by atoms with Gasteiger partial charge in [0.25, 0.3) is 0 Å². The second-order valence-corrected chi connectivity index (χ2v) is 7.80. The van der Waals surface area contributed by atoms with Gasteiger partial charge in [0.1, 0.15) is 5.82 Å². The molecule has 8 heteroatoms. The number of amides is 1. The lowest BCUT2D eigenvalue weighted by atomic mass is 9.85. The number of rotatable bonds is 10. The van der Waals surface area contributed by atoms with Crippen LogP contribution in [0.4, 0.5) is 17.5 Å². The van der Waals surface area contributed by atoms with E-state index in [-0.39, 0.29) is 11.8 Å². The van der Waals surface area contributed by atoms with Crippen molar-refractivity contribution in [1.29, 1.82) is 0 Å². The highest BCUT2D eigenvalue weighted by molar-refractivity contribution is 9.10. The Balaban J connectivity index is 1.46. The molecule has 0 spiro atoms. The summed E-state index contributed by atoms with van der Waals surface area (Å²) in [7, 11) is 0. The lowest BCUT2D eigenvalue weighted by Gasteiger charge is -2.24. The van der Waals surface area contributed by atoms with Gasteiger partial charge in [-0.3, -0.25) is 4.79 Å². The first-order valence-corrected chi connectivity index (χ1v) is 10.5. The van der Waals surface area contributed by atoms with E-state index in [2.05, 4.69) is 41.8 Å². The number of nitrogens with one attached hydrogen (secondary N) is 3. The van der Waals surface area contributed by atoms with E-state index < -0.39 is 0 Å². The molecule has 1 amide bonds. The normalized spacial score (nSPS) is 13.6. The molecule has 150 valence electrons. The Bertz CT molecular complexity index is 779. The van der Waals surface area contributed by atoms with Crippen molar-refractivity contribution in [3.8, 4) is 0 Å². The molecule has 1 aromatic heterocycles. The summed E-state index contributed by atoms with van der Waals surface area (Å²) in [4.78, 5) is 20.6. The van der Waals surface area contributed by atoms with Crippen molar-refractivity contribution in [3.05, 3.63) is 40.5 Å². The third kappa shape index (κ3) is 5.90. The van der Waals surface area contributed by atoms with Crippen LogP contribution in [0.2, 0.25) is 0 Å². The predicted molar refractivity (Wildman–Crippen MR) is 116 cm³/mol. The number of aromatic nitrogens is 2. The van der Waals surface area contributed by atoms with Crippen LogP contribution in [0.15, 0.2) is 34.9 Å². The van der Waals surface area contributed by atoms with Crippen LogP contribution in [0.1, 0.15) is 31.2 Å². The van der Waals surface area contributed by atoms with Gasteiger partial charge in [0.15, 0.2) is 0 Å². The second kappa shape index (κ2) is 10.4. The monoisotopic (exact) mass is 446 g/mol. The van der Waals surface area contributed by atoms with E-state index in [9.17, 15) is 4.79 Å². The lowest BCUT2D eigenvalue weighted by molar-refractivity contribution is -0.127. The summed E-state index contributed by atoms with van der Waals surface area (Å²) in [6.07, 6.45) is 6.66. The van der Waals surface area contributed by atoms with Gasteiger partial charge in [-0.05, 0) is 65.9 Å². The first-order valence-electron chi connectivity index (χ1n) is 9.76. The Labute approximate surface area is 174 Å². The fraction of sp³-hybridized carbons (Fsp3) is 0.450. The number of halogens is 1. The first-order chi connectivity index (χ1) is 13.7. The molecule has 1 heterocycles. The molecule has 0 radical (unpaired) electrons. The molecule has 28 heavy (non-hydrogen) atoms. The van der Waals surface area contributed by atoms with Gasteiger partial charge in [0.2, 0.25) is 11.9 Å². The van der Waals surface area contributed by atoms with E-state index in [1.54, 1.807) is 6.20 Å². The number of nitrogens with zero attached hydrogens (tertiary/aromatic N) is 2. The number of anilines is 3. The van der Waals surface area contributed by atoms with E-state index in [0.717, 1.165) is 41.7 Å². The zero-order valence-corrected chi connectivity index (χ0v) is 17.5. The van der Waals surface area contributed by atoms with Crippen LogP contribution in [-0.2, 0) is 11.2 Å². The number of hydrogen-bond acceptors (Lipinski definition) is 6. The SMILES string of the molecule is NCCc1ccc(Nc2ncc(Br)c(NCCCNC(=O)C3CCC3)n2)cc1. The van der Waals surface area contributed by atoms with Gasteiger partial charge >= 0.3 is 0 Å². The van der Waals surface area contributed by atoms with Gasteiger partial charge in [-0.15, -0.1) is 0 Å². The quantitative estimate of drug-likeness (QED) is 0.417. The van der Waals surface area contributed by atoms with Crippen molar-refractivity contribution < 1.29 is 4.79 Å². The van der Waals surface area contributed by atoms with Crippen molar-refractivity contribution in [3.63, 3.8) is 0 Å². The Morgan fingerprint density at radius 3 is 2.68 bits per heavy atom. The summed E-state index contributed by atoms with van der Waals surface area (Å²) in [6.45, 7) is 2.03. The van der Waals surface area contributed by atoms with Gasteiger partial charge in [0.05, 0.1) is 4.47 Å². The molecular weight excluding hydrogens is 420 g/mol. The predicted octanol–water partition coefficient (Wildman–Crippen LogP) is 3.20. The van der Waals surface area contributed by atoms with Crippen molar-refractivity contribution in [1.82, 2.24) is 15.3 Å². The van der Waals surface area contributed by atoms with E-state index in [4.69, 9.17) is 5.73 Å². The van der Waals surface area contributed by atoms with E-state index in [0.29, 0.717) is 25.6 Å². The third-order valence-electron chi connectivity index (χ3n) is 4.81. The molecule has 5 N–H and O–H groups in total. The van der Waals surface area contributed by atoms with Crippen LogP contribution in [0.5, 0.6) is 0 Å². The maximum absolute atomic E-state index is 11.8. The minimum atomic E-state index is 0.193. The van der Waals surface area contributed by atoms with Crippen LogP contribution < -0.4 is 21.7 Å². The number of benzene rings is 1. The van der Waals surface area contributed by atoms with Crippen molar-refractivity contribution in [2.75, 3.05) is 30.3 Å². The molecule has 1 fully saturated rings. The first kappa shape index (κ1) is 20.5. The summed E-state index contributed by atoms with van der Waals surface area (Å²) < 4.78 is 0.801. The zero-order valence-electron chi connectivity index (χ0n) is 15.9. The zero-order chi connectivity index (χ0) is 19.8. The number of carbonyl (C=O) groups is 1. The van der Waals surface area contributed by atoms with Crippen LogP contribution in [0.3, 0.4) is 0 Å². The van der Waals surface area contributed by atoms with Crippen LogP contribution in [0.25, 0.3) is 0 Å². The van der Waals surface area contributed by atoms with Gasteiger partial charge in [-0.25, -0.2) is 4.98 Å². The molecule has 2 aromatic rings. The molecule has 7 nitrogen and oxygen atoms in total. The summed E-state index contributed by atoms with van der Waals surface area (Å²) >= 11 is 3.47. The van der Waals surface area contributed by atoms with E-state index >= 15 is 0 Å². The van der Waals surface area contributed by atoms with Crippen LogP contribution in [-0.4, -0.2) is 35.5 Å². The van der Waals surface area contributed by atoms with Gasteiger partial charge in [0, 0.05) is 30.9 Å². The average molecular weight is 447 g/mol. The minimum Gasteiger partial charge on any atom is -0.369 e. The van der Waals surface area contributed by atoms with E-state index in [1.165, 1.54) is 12.0 Å². The van der Waals surface area contributed by atoms with Crippen molar-refractivity contribution >= 4 is 39.3 Å². The summed E-state index contributed by atoms with van der Waals surface area (Å²) in [6, 6.07) is 8.08. The molecule has 1 aliphatic carbocycles. The number of nitrogens with two attached hydrogens (primary N) is 1. The van der Waals surface area contributed by atoms with Crippen LogP contribution in [0, 0.1) is 5.92 Å². The standard InChI is InChI=1S/C20H27BrN6O/c21-17-13-25-20(26-16-7-5-14(6-8-16)9-10-22)27-18(17)23-11-2-12-24-19(28)15-3-1-4-15/h5-8,13,15H,1-4,9-12,22H2,(H,24,28)(H2,23,25,26,27). The topological polar surface area (TPSA) is 105 Å². The molecule has 3 rings (SSSR count). The minimum absolute atomic E-state index is 0.193. The summed E-state index contributed by atoms with van der Waals surface area (Å²) in [5.41, 5.74) is 7.71. The number of hydrogen-bond donors (Lipinski definition) is 4.